The van der Waals surface area contributed by atoms with Crippen LogP contribution in [-0.4, -0.2) is 35.8 Å². The molecule has 1 aromatic carbocycles. The maximum Gasteiger partial charge on any atom is 0.118 e. The summed E-state index contributed by atoms with van der Waals surface area (Å²) < 4.78 is 0. The highest BCUT2D eigenvalue weighted by atomic mass is 14.7. The van der Waals surface area contributed by atoms with Gasteiger partial charge in [-0.3, -0.25) is 4.98 Å². The second-order valence-electron chi connectivity index (χ2n) is 8.84. The van der Waals surface area contributed by atoms with Gasteiger partial charge in [0.1, 0.15) is 7.28 Å². The van der Waals surface area contributed by atoms with Crippen LogP contribution in [-0.2, 0) is 10.4 Å². The standard InChI is InChI=1S/C20H22B4N/c1-17(2,3)19(21,22)15-12-25-16(13-9-7-6-8-10-13)11-14(15)20(23)18(4,5)24-20/h6-12H,1-5H3. The minimum Gasteiger partial charge on any atom is -0.256 e. The highest BCUT2D eigenvalue weighted by Crippen LogP contribution is 2.62. The molecule has 1 unspecified atom stereocenters. The third-order valence-electron chi connectivity index (χ3n) is 5.68. The molecule has 1 fully saturated rings. The molecule has 0 aliphatic carbocycles. The summed E-state index contributed by atoms with van der Waals surface area (Å²) >= 11 is 0. The largest absolute Gasteiger partial charge is 0.256 e. The third kappa shape index (κ3) is 2.90. The van der Waals surface area contributed by atoms with Crippen LogP contribution >= 0.6 is 0 Å². The summed E-state index contributed by atoms with van der Waals surface area (Å²) in [6, 6.07) is 12.1. The summed E-state index contributed by atoms with van der Waals surface area (Å²) in [7, 11) is 22.1. The zero-order valence-corrected chi connectivity index (χ0v) is 15.8. The molecule has 1 saturated heterocycles. The van der Waals surface area contributed by atoms with Crippen LogP contribution in [0.25, 0.3) is 11.3 Å². The Morgan fingerprint density at radius 2 is 1.60 bits per heavy atom. The van der Waals surface area contributed by atoms with Crippen LogP contribution in [0.3, 0.4) is 0 Å². The van der Waals surface area contributed by atoms with Gasteiger partial charge in [-0.25, -0.2) is 0 Å². The summed E-state index contributed by atoms with van der Waals surface area (Å²) in [6.45, 7) is 10.4. The highest BCUT2D eigenvalue weighted by Gasteiger charge is 2.59. The minimum atomic E-state index is -1.04. The van der Waals surface area contributed by atoms with E-state index in [1.807, 2.05) is 51.1 Å². The summed E-state index contributed by atoms with van der Waals surface area (Å²) in [6.07, 6.45) is 1.81. The molecule has 0 amide bonds. The van der Waals surface area contributed by atoms with Crippen LogP contribution in [0.5, 0.6) is 0 Å². The number of nitrogens with zero attached hydrogens (tertiary/aromatic N) is 1. The average molecular weight is 320 g/mol. The molecule has 119 valence electrons. The van der Waals surface area contributed by atoms with Gasteiger partial charge in [-0.15, -0.1) is 0 Å². The molecule has 0 saturated carbocycles. The smallest absolute Gasteiger partial charge is 0.118 e. The first-order valence-corrected chi connectivity index (χ1v) is 8.70. The monoisotopic (exact) mass is 320 g/mol. The van der Waals surface area contributed by atoms with E-state index < -0.39 is 10.4 Å². The summed E-state index contributed by atoms with van der Waals surface area (Å²) in [5.74, 6) is 0. The lowest BCUT2D eigenvalue weighted by Gasteiger charge is -2.43. The Morgan fingerprint density at radius 3 is 2.08 bits per heavy atom. The fourth-order valence-electron chi connectivity index (χ4n) is 3.26. The third-order valence-corrected chi connectivity index (χ3v) is 5.68. The lowest BCUT2D eigenvalue weighted by atomic mass is 9.39. The molecule has 1 aliphatic rings. The molecule has 0 bridgehead atoms. The van der Waals surface area contributed by atoms with E-state index in [0.29, 0.717) is 0 Å². The van der Waals surface area contributed by atoms with Gasteiger partial charge in [0.2, 0.25) is 0 Å². The Balaban J connectivity index is 2.21. The summed E-state index contributed by atoms with van der Waals surface area (Å²) in [5, 5.41) is -1.70. The van der Waals surface area contributed by atoms with E-state index in [-0.39, 0.29) is 10.7 Å². The van der Waals surface area contributed by atoms with Crippen molar-refractivity contribution in [3.05, 3.63) is 53.7 Å². The Hall–Kier alpha value is -1.37. The molecule has 1 nitrogen and oxygen atoms in total. The van der Waals surface area contributed by atoms with Crippen molar-refractivity contribution in [2.24, 2.45) is 5.41 Å². The summed E-state index contributed by atoms with van der Waals surface area (Å²) in [5.41, 5.74) is 3.36. The van der Waals surface area contributed by atoms with Crippen molar-refractivity contribution in [2.75, 3.05) is 0 Å². The average Bonchev–Trinajstić information content (AvgIpc) is 3.06. The van der Waals surface area contributed by atoms with E-state index >= 15 is 0 Å². The molecule has 2 heterocycles. The molecule has 1 aliphatic heterocycles. The van der Waals surface area contributed by atoms with Crippen LogP contribution in [0.1, 0.15) is 45.7 Å². The molecule has 25 heavy (non-hydrogen) atoms. The maximum absolute atomic E-state index is 6.74. The topological polar surface area (TPSA) is 12.9 Å². The Labute approximate surface area is 156 Å². The van der Waals surface area contributed by atoms with Crippen molar-refractivity contribution < 1.29 is 0 Å². The fraction of sp³-hybridized carbons (Fsp3) is 0.450. The molecule has 2 aromatic rings. The number of hydrogen-bond acceptors (Lipinski definition) is 1. The highest BCUT2D eigenvalue weighted by molar-refractivity contribution is 6.71. The van der Waals surface area contributed by atoms with Crippen LogP contribution in [0, 0.1) is 5.41 Å². The van der Waals surface area contributed by atoms with Crippen LogP contribution in [0.4, 0.5) is 0 Å². The predicted octanol–water partition coefficient (Wildman–Crippen LogP) is 3.52. The minimum absolute atomic E-state index is 0.106. The van der Waals surface area contributed by atoms with E-state index in [0.717, 1.165) is 22.4 Å². The van der Waals surface area contributed by atoms with Crippen molar-refractivity contribution in [2.45, 2.75) is 50.4 Å². The first kappa shape index (κ1) is 18.4. The molecular formula is C20H22B4N. The Bertz CT molecular complexity index is 793. The molecule has 0 N–H and O–H groups in total. The molecule has 1 aromatic heterocycles. The normalized spacial score (nSPS) is 22.3. The lowest BCUT2D eigenvalue weighted by molar-refractivity contribution is 0.355. The number of hydrogen-bond donors (Lipinski definition) is 0. The molecule has 3 rings (SSSR count). The van der Waals surface area contributed by atoms with Crippen molar-refractivity contribution >= 4 is 30.8 Å². The fourth-order valence-corrected chi connectivity index (χ4v) is 3.26. The van der Waals surface area contributed by atoms with Crippen LogP contribution in [0.2, 0.25) is 5.31 Å². The zero-order chi connectivity index (χ0) is 18.7. The van der Waals surface area contributed by atoms with Gasteiger partial charge in [0.25, 0.3) is 0 Å². The molecule has 5 heteroatoms. The number of pyridine rings is 1. The maximum atomic E-state index is 6.74. The van der Waals surface area contributed by atoms with Crippen molar-refractivity contribution in [1.29, 1.82) is 0 Å². The second kappa shape index (κ2) is 5.56. The molecule has 0 spiro atoms. The van der Waals surface area contributed by atoms with Crippen molar-refractivity contribution in [3.63, 3.8) is 0 Å². The van der Waals surface area contributed by atoms with Crippen molar-refractivity contribution in [1.82, 2.24) is 4.98 Å². The van der Waals surface area contributed by atoms with Gasteiger partial charge >= 0.3 is 0 Å². The van der Waals surface area contributed by atoms with Gasteiger partial charge < -0.3 is 0 Å². The van der Waals surface area contributed by atoms with Gasteiger partial charge in [0.15, 0.2) is 0 Å². The number of benzene rings is 1. The Kier molecular flexibility index (Phi) is 4.10. The first-order chi connectivity index (χ1) is 11.4. The van der Waals surface area contributed by atoms with Crippen LogP contribution in [0.15, 0.2) is 42.6 Å². The van der Waals surface area contributed by atoms with E-state index in [4.69, 9.17) is 23.5 Å². The number of aromatic nitrogens is 1. The van der Waals surface area contributed by atoms with Gasteiger partial charge in [0, 0.05) is 11.8 Å². The molecular weight excluding hydrogens is 297 g/mol. The molecule has 1 atom stereocenters. The van der Waals surface area contributed by atoms with Crippen LogP contribution < -0.4 is 0 Å². The van der Waals surface area contributed by atoms with Gasteiger partial charge in [-0.2, -0.15) is 0 Å². The summed E-state index contributed by atoms with van der Waals surface area (Å²) in [4.78, 5) is 4.65. The van der Waals surface area contributed by atoms with Gasteiger partial charge in [0.05, 0.1) is 29.2 Å². The first-order valence-electron chi connectivity index (χ1n) is 8.70. The SMILES string of the molecule is [B]C([B])(c1cnc(-c2ccccc2)cc1C1([B])[B]C1(C)C)C(C)(C)C. The lowest BCUT2D eigenvalue weighted by Crippen LogP contribution is -2.43. The Morgan fingerprint density at radius 1 is 1.04 bits per heavy atom. The van der Waals surface area contributed by atoms with E-state index in [9.17, 15) is 0 Å². The quantitative estimate of drug-likeness (QED) is 0.789. The van der Waals surface area contributed by atoms with E-state index in [1.165, 1.54) is 0 Å². The zero-order valence-electron chi connectivity index (χ0n) is 15.8. The van der Waals surface area contributed by atoms with Gasteiger partial charge in [-0.1, -0.05) is 86.3 Å². The second-order valence-corrected chi connectivity index (χ2v) is 8.84. The van der Waals surface area contributed by atoms with E-state index in [2.05, 4.69) is 32.2 Å². The van der Waals surface area contributed by atoms with E-state index in [1.54, 1.807) is 6.20 Å². The van der Waals surface area contributed by atoms with Gasteiger partial charge in [-0.05, 0) is 17.0 Å². The number of rotatable bonds is 3. The van der Waals surface area contributed by atoms with Crippen molar-refractivity contribution in [3.8, 4) is 11.3 Å². The predicted molar refractivity (Wildman–Crippen MR) is 110 cm³/mol. The molecule has 7 radical (unpaired) electrons.